The smallest absolute Gasteiger partial charge is 0.233 e. The first-order valence-electron chi connectivity index (χ1n) is 8.50. The summed E-state index contributed by atoms with van der Waals surface area (Å²) in [5, 5.41) is 14.0. The molecule has 0 aliphatic carbocycles. The van der Waals surface area contributed by atoms with Gasteiger partial charge in [0, 0.05) is 23.9 Å². The van der Waals surface area contributed by atoms with Gasteiger partial charge in [-0.3, -0.25) is 4.79 Å². The van der Waals surface area contributed by atoms with Crippen LogP contribution < -0.4 is 0 Å². The fourth-order valence-electron chi connectivity index (χ4n) is 3.16. The summed E-state index contributed by atoms with van der Waals surface area (Å²) >= 11 is 1.58. The van der Waals surface area contributed by atoms with Gasteiger partial charge >= 0.3 is 0 Å². The first kappa shape index (κ1) is 16.9. The summed E-state index contributed by atoms with van der Waals surface area (Å²) in [6.45, 7) is 0.289. The van der Waals surface area contributed by atoms with Gasteiger partial charge < -0.3 is 10.0 Å². The van der Waals surface area contributed by atoms with Crippen molar-refractivity contribution < 1.29 is 9.90 Å². The van der Waals surface area contributed by atoms with Crippen LogP contribution in [0.2, 0.25) is 0 Å². The molecule has 0 radical (unpaired) electrons. The van der Waals surface area contributed by atoms with E-state index in [9.17, 15) is 9.90 Å². The summed E-state index contributed by atoms with van der Waals surface area (Å²) in [4.78, 5) is 14.0. The number of carbonyl (C=O) groups is 1. The van der Waals surface area contributed by atoms with E-state index in [1.54, 1.807) is 16.7 Å². The molecule has 1 aromatic heterocycles. The zero-order valence-electron chi connectivity index (χ0n) is 14.2. The predicted octanol–water partition coefficient (Wildman–Crippen LogP) is 3.11. The number of thioether (sulfide) groups is 1. The third-order valence-electron chi connectivity index (χ3n) is 4.39. The number of aliphatic hydroxyl groups excluding tert-OH is 1. The maximum atomic E-state index is 12.2. The van der Waals surface area contributed by atoms with E-state index in [0.717, 1.165) is 22.5 Å². The van der Waals surface area contributed by atoms with Crippen LogP contribution in [0.15, 0.2) is 66.9 Å². The molecule has 3 aromatic rings. The SMILES string of the molecule is O=C1CS[C@H](c2cn(-c3ccccc3)nc2-c2ccccc2)N1CCO. The average molecular weight is 365 g/mol. The van der Waals surface area contributed by atoms with Crippen LogP contribution in [0.4, 0.5) is 0 Å². The lowest BCUT2D eigenvalue weighted by Gasteiger charge is -2.22. The van der Waals surface area contributed by atoms with Gasteiger partial charge in [0.05, 0.1) is 23.7 Å². The standard InChI is InChI=1S/C20H19N3O2S/c24-12-11-22-18(25)14-26-20(22)17-13-23(16-9-5-2-6-10-16)21-19(17)15-7-3-1-4-8-15/h1-10,13,20,24H,11-12,14H2/t20-/m1/s1. The molecule has 0 spiro atoms. The number of aliphatic hydroxyl groups is 1. The number of aromatic nitrogens is 2. The lowest BCUT2D eigenvalue weighted by Crippen LogP contribution is -2.31. The molecule has 5 nitrogen and oxygen atoms in total. The lowest BCUT2D eigenvalue weighted by atomic mass is 10.1. The Bertz CT molecular complexity index is 896. The molecule has 1 amide bonds. The van der Waals surface area contributed by atoms with Crippen molar-refractivity contribution >= 4 is 17.7 Å². The Hall–Kier alpha value is -2.57. The van der Waals surface area contributed by atoms with Gasteiger partial charge in [-0.05, 0) is 12.1 Å². The maximum absolute atomic E-state index is 12.2. The molecule has 1 atom stereocenters. The van der Waals surface area contributed by atoms with E-state index in [-0.39, 0.29) is 17.9 Å². The molecule has 6 heteroatoms. The van der Waals surface area contributed by atoms with Crippen LogP contribution in [0, 0.1) is 0 Å². The Morgan fingerprint density at radius 2 is 1.77 bits per heavy atom. The number of β-amino-alcohol motifs (C(OH)–C–C–N with tert-alkyl or cyclic N) is 1. The van der Waals surface area contributed by atoms with Gasteiger partial charge in [-0.1, -0.05) is 48.5 Å². The van der Waals surface area contributed by atoms with E-state index in [2.05, 4.69) is 0 Å². The number of para-hydroxylation sites is 1. The highest BCUT2D eigenvalue weighted by atomic mass is 32.2. The van der Waals surface area contributed by atoms with Gasteiger partial charge in [0.2, 0.25) is 5.91 Å². The molecule has 1 fully saturated rings. The third-order valence-corrected chi connectivity index (χ3v) is 5.62. The van der Waals surface area contributed by atoms with Crippen LogP contribution in [0.25, 0.3) is 16.9 Å². The van der Waals surface area contributed by atoms with E-state index in [1.165, 1.54) is 0 Å². The van der Waals surface area contributed by atoms with Crippen LogP contribution in [-0.2, 0) is 4.79 Å². The molecule has 1 saturated heterocycles. The molecule has 0 unspecified atom stereocenters. The molecule has 132 valence electrons. The molecule has 4 rings (SSSR count). The fourth-order valence-corrected chi connectivity index (χ4v) is 4.38. The number of benzene rings is 2. The summed E-state index contributed by atoms with van der Waals surface area (Å²) in [5.74, 6) is 0.482. The van der Waals surface area contributed by atoms with E-state index >= 15 is 0 Å². The van der Waals surface area contributed by atoms with Gasteiger partial charge in [-0.2, -0.15) is 5.10 Å². The lowest BCUT2D eigenvalue weighted by molar-refractivity contribution is -0.128. The van der Waals surface area contributed by atoms with Crippen LogP contribution in [0.3, 0.4) is 0 Å². The molecule has 0 saturated carbocycles. The quantitative estimate of drug-likeness (QED) is 0.755. The number of carbonyl (C=O) groups excluding carboxylic acids is 1. The Balaban J connectivity index is 1.82. The van der Waals surface area contributed by atoms with Gasteiger partial charge in [-0.15, -0.1) is 11.8 Å². The second-order valence-corrected chi connectivity index (χ2v) is 7.12. The minimum absolute atomic E-state index is 0.0453. The van der Waals surface area contributed by atoms with Crippen molar-refractivity contribution in [3.8, 4) is 16.9 Å². The third kappa shape index (κ3) is 3.13. The van der Waals surface area contributed by atoms with E-state index < -0.39 is 0 Å². The molecule has 2 heterocycles. The topological polar surface area (TPSA) is 58.4 Å². The number of nitrogens with zero attached hydrogens (tertiary/aromatic N) is 3. The zero-order chi connectivity index (χ0) is 17.9. The Morgan fingerprint density at radius 1 is 1.08 bits per heavy atom. The summed E-state index contributed by atoms with van der Waals surface area (Å²) < 4.78 is 1.86. The average Bonchev–Trinajstić information content (AvgIpc) is 3.28. The fraction of sp³-hybridized carbons (Fsp3) is 0.200. The van der Waals surface area contributed by atoms with Crippen molar-refractivity contribution in [2.75, 3.05) is 18.9 Å². The summed E-state index contributed by atoms with van der Waals surface area (Å²) in [7, 11) is 0. The van der Waals surface area contributed by atoms with E-state index in [0.29, 0.717) is 12.3 Å². The van der Waals surface area contributed by atoms with Gasteiger partial charge in [0.15, 0.2) is 0 Å². The van der Waals surface area contributed by atoms with E-state index in [1.807, 2.05) is 71.5 Å². The first-order valence-corrected chi connectivity index (χ1v) is 9.55. The summed E-state index contributed by atoms with van der Waals surface area (Å²) in [6.07, 6.45) is 2.00. The molecular weight excluding hydrogens is 346 g/mol. The normalized spacial score (nSPS) is 17.0. The maximum Gasteiger partial charge on any atom is 0.233 e. The van der Waals surface area contributed by atoms with Crippen LogP contribution in [0.1, 0.15) is 10.9 Å². The number of rotatable bonds is 5. The highest BCUT2D eigenvalue weighted by Gasteiger charge is 2.35. The molecular formula is C20H19N3O2S. The van der Waals surface area contributed by atoms with Crippen molar-refractivity contribution in [2.24, 2.45) is 0 Å². The minimum Gasteiger partial charge on any atom is -0.395 e. The number of hydrogen-bond donors (Lipinski definition) is 1. The van der Waals surface area contributed by atoms with Crippen LogP contribution in [-0.4, -0.2) is 44.6 Å². The Morgan fingerprint density at radius 3 is 2.46 bits per heavy atom. The molecule has 0 bridgehead atoms. The molecule has 26 heavy (non-hydrogen) atoms. The highest BCUT2D eigenvalue weighted by molar-refractivity contribution is 8.00. The van der Waals surface area contributed by atoms with Gasteiger partial charge in [0.1, 0.15) is 5.37 Å². The molecule has 1 aliphatic rings. The van der Waals surface area contributed by atoms with Crippen LogP contribution >= 0.6 is 11.8 Å². The first-order chi connectivity index (χ1) is 12.8. The Kier molecular flexibility index (Phi) is 4.77. The van der Waals surface area contributed by atoms with Crippen LogP contribution in [0.5, 0.6) is 0 Å². The predicted molar refractivity (Wildman–Crippen MR) is 103 cm³/mol. The zero-order valence-corrected chi connectivity index (χ0v) is 15.0. The number of hydrogen-bond acceptors (Lipinski definition) is 4. The largest absolute Gasteiger partial charge is 0.395 e. The van der Waals surface area contributed by atoms with Gasteiger partial charge in [0.25, 0.3) is 0 Å². The summed E-state index contributed by atoms with van der Waals surface area (Å²) in [6, 6.07) is 19.9. The van der Waals surface area contributed by atoms with Crippen molar-refractivity contribution in [1.29, 1.82) is 0 Å². The second kappa shape index (κ2) is 7.35. The Labute approximate surface area is 156 Å². The monoisotopic (exact) mass is 365 g/mol. The molecule has 2 aromatic carbocycles. The van der Waals surface area contributed by atoms with E-state index in [4.69, 9.17) is 5.10 Å². The van der Waals surface area contributed by atoms with Gasteiger partial charge in [-0.25, -0.2) is 4.68 Å². The van der Waals surface area contributed by atoms with Crippen molar-refractivity contribution in [3.63, 3.8) is 0 Å². The van der Waals surface area contributed by atoms with Crippen molar-refractivity contribution in [2.45, 2.75) is 5.37 Å². The van der Waals surface area contributed by atoms with Crippen molar-refractivity contribution in [3.05, 3.63) is 72.4 Å². The number of amides is 1. The molecule has 1 N–H and O–H groups in total. The highest BCUT2D eigenvalue weighted by Crippen LogP contribution is 2.42. The second-order valence-electron chi connectivity index (χ2n) is 6.05. The minimum atomic E-state index is -0.137. The summed E-state index contributed by atoms with van der Waals surface area (Å²) in [5.41, 5.74) is 3.84. The van der Waals surface area contributed by atoms with Crippen molar-refractivity contribution in [1.82, 2.24) is 14.7 Å². The molecule has 1 aliphatic heterocycles.